The molecule has 1 aliphatic heterocycles. The van der Waals surface area contributed by atoms with Crippen LogP contribution in [0.2, 0.25) is 0 Å². The van der Waals surface area contributed by atoms with E-state index in [0.717, 1.165) is 19.4 Å². The maximum atomic E-state index is 8.73. The highest BCUT2D eigenvalue weighted by Crippen LogP contribution is 2.14. The van der Waals surface area contributed by atoms with E-state index in [0.29, 0.717) is 0 Å². The van der Waals surface area contributed by atoms with Crippen molar-refractivity contribution >= 4 is 0 Å². The van der Waals surface area contributed by atoms with Crippen LogP contribution in [0.25, 0.3) is 0 Å². The average molecular weight is 145 g/mol. The van der Waals surface area contributed by atoms with Gasteiger partial charge in [-0.1, -0.05) is 0 Å². The quantitative estimate of drug-likeness (QED) is 0.571. The van der Waals surface area contributed by atoms with Crippen molar-refractivity contribution in [1.82, 2.24) is 4.90 Å². The number of aliphatic hydroxyl groups is 1. The van der Waals surface area contributed by atoms with Gasteiger partial charge >= 0.3 is 0 Å². The first-order chi connectivity index (χ1) is 4.84. The highest BCUT2D eigenvalue weighted by atomic mass is 16.5. The van der Waals surface area contributed by atoms with E-state index in [4.69, 9.17) is 9.84 Å². The van der Waals surface area contributed by atoms with Gasteiger partial charge in [-0.25, -0.2) is 0 Å². The number of nitrogens with zero attached hydrogens (tertiary/aromatic N) is 1. The molecule has 1 atom stereocenters. The summed E-state index contributed by atoms with van der Waals surface area (Å²) >= 11 is 0. The molecular weight excluding hydrogens is 130 g/mol. The zero-order valence-electron chi connectivity index (χ0n) is 6.42. The molecule has 1 saturated heterocycles. The van der Waals surface area contributed by atoms with E-state index < -0.39 is 0 Å². The number of aliphatic hydroxyl groups excluding tert-OH is 1. The molecule has 0 amide bonds. The van der Waals surface area contributed by atoms with E-state index in [-0.39, 0.29) is 13.0 Å². The van der Waals surface area contributed by atoms with Crippen molar-refractivity contribution < 1.29 is 9.84 Å². The average Bonchev–Trinajstić information content (AvgIpc) is 2.05. The summed E-state index contributed by atoms with van der Waals surface area (Å²) in [6.07, 6.45) is 3.58. The third kappa shape index (κ3) is 1.94. The van der Waals surface area contributed by atoms with Crippen LogP contribution in [0.4, 0.5) is 0 Å². The summed E-state index contributed by atoms with van der Waals surface area (Å²) in [6, 6.07) is 0. The van der Waals surface area contributed by atoms with E-state index in [1.54, 1.807) is 0 Å². The Morgan fingerprint density at radius 3 is 2.90 bits per heavy atom. The van der Waals surface area contributed by atoms with Gasteiger partial charge in [0.05, 0.1) is 6.73 Å². The van der Waals surface area contributed by atoms with E-state index in [1.807, 2.05) is 11.9 Å². The number of rotatable bonds is 2. The minimum atomic E-state index is 0.0880. The lowest BCUT2D eigenvalue weighted by Gasteiger charge is -2.29. The monoisotopic (exact) mass is 145 g/mol. The Morgan fingerprint density at radius 2 is 2.40 bits per heavy atom. The second-order valence-electron chi connectivity index (χ2n) is 2.72. The van der Waals surface area contributed by atoms with Crippen LogP contribution >= 0.6 is 0 Å². The molecule has 0 aromatic heterocycles. The van der Waals surface area contributed by atoms with E-state index in [1.165, 1.54) is 6.42 Å². The summed E-state index contributed by atoms with van der Waals surface area (Å²) in [4.78, 5) is 1.82. The van der Waals surface area contributed by atoms with Crippen molar-refractivity contribution in [3.63, 3.8) is 0 Å². The van der Waals surface area contributed by atoms with Gasteiger partial charge in [-0.15, -0.1) is 0 Å². The fraction of sp³-hybridized carbons (Fsp3) is 1.00. The molecule has 1 N–H and O–H groups in total. The molecule has 0 aromatic carbocycles. The summed E-state index contributed by atoms with van der Waals surface area (Å²) < 4.78 is 5.40. The van der Waals surface area contributed by atoms with Crippen LogP contribution in [-0.2, 0) is 4.74 Å². The van der Waals surface area contributed by atoms with Crippen LogP contribution in [0.1, 0.15) is 19.3 Å². The number of hydrogen-bond acceptors (Lipinski definition) is 3. The zero-order chi connectivity index (χ0) is 7.40. The minimum Gasteiger partial charge on any atom is -0.381 e. The van der Waals surface area contributed by atoms with Crippen LogP contribution in [0, 0.1) is 0 Å². The molecule has 10 heavy (non-hydrogen) atoms. The Morgan fingerprint density at radius 1 is 1.60 bits per heavy atom. The van der Waals surface area contributed by atoms with Crippen LogP contribution in [0.3, 0.4) is 0 Å². The Kier molecular flexibility index (Phi) is 3.12. The third-order valence-corrected chi connectivity index (χ3v) is 1.87. The SMILES string of the molecule is CN(CO)C1CCCCO1. The molecular formula is C7H15NO2. The lowest BCUT2D eigenvalue weighted by atomic mass is 10.2. The summed E-state index contributed by atoms with van der Waals surface area (Å²) in [5.74, 6) is 0. The van der Waals surface area contributed by atoms with E-state index in [9.17, 15) is 0 Å². The summed E-state index contributed by atoms with van der Waals surface area (Å²) in [7, 11) is 1.87. The van der Waals surface area contributed by atoms with Gasteiger partial charge in [0, 0.05) is 6.61 Å². The lowest BCUT2D eigenvalue weighted by molar-refractivity contribution is -0.100. The molecule has 1 aliphatic rings. The first-order valence-electron chi connectivity index (χ1n) is 3.77. The molecule has 1 unspecified atom stereocenters. The molecule has 1 rings (SSSR count). The van der Waals surface area contributed by atoms with Crippen LogP contribution in [-0.4, -0.2) is 36.6 Å². The smallest absolute Gasteiger partial charge is 0.112 e. The fourth-order valence-electron chi connectivity index (χ4n) is 1.16. The molecule has 0 aromatic rings. The standard InChI is InChI=1S/C7H15NO2/c1-8(6-9)7-4-2-3-5-10-7/h7,9H,2-6H2,1H3. The Balaban J connectivity index is 2.24. The molecule has 0 bridgehead atoms. The predicted octanol–water partition coefficient (Wildman–Crippen LogP) is 0.395. The molecule has 3 heteroatoms. The Hall–Kier alpha value is -0.120. The van der Waals surface area contributed by atoms with E-state index >= 15 is 0 Å². The van der Waals surface area contributed by atoms with Gasteiger partial charge in [0.25, 0.3) is 0 Å². The van der Waals surface area contributed by atoms with Crippen LogP contribution in [0.5, 0.6) is 0 Å². The first kappa shape index (κ1) is 7.98. The summed E-state index contributed by atoms with van der Waals surface area (Å²) in [6.45, 7) is 0.930. The topological polar surface area (TPSA) is 32.7 Å². The maximum absolute atomic E-state index is 8.73. The normalized spacial score (nSPS) is 27.3. The fourth-order valence-corrected chi connectivity index (χ4v) is 1.16. The van der Waals surface area contributed by atoms with Crippen molar-refractivity contribution in [1.29, 1.82) is 0 Å². The van der Waals surface area contributed by atoms with Gasteiger partial charge in [0.15, 0.2) is 0 Å². The molecule has 0 saturated carbocycles. The van der Waals surface area contributed by atoms with Gasteiger partial charge in [-0.3, -0.25) is 4.90 Å². The second-order valence-corrected chi connectivity index (χ2v) is 2.72. The molecule has 0 spiro atoms. The predicted molar refractivity (Wildman–Crippen MR) is 38.4 cm³/mol. The maximum Gasteiger partial charge on any atom is 0.112 e. The van der Waals surface area contributed by atoms with Gasteiger partial charge in [0.1, 0.15) is 6.23 Å². The van der Waals surface area contributed by atoms with Crippen LogP contribution in [0.15, 0.2) is 0 Å². The third-order valence-electron chi connectivity index (χ3n) is 1.87. The summed E-state index contributed by atoms with van der Waals surface area (Å²) in [5, 5.41) is 8.73. The molecule has 0 aliphatic carbocycles. The number of hydrogen-bond donors (Lipinski definition) is 1. The first-order valence-corrected chi connectivity index (χ1v) is 3.77. The van der Waals surface area contributed by atoms with Crippen molar-refractivity contribution in [2.45, 2.75) is 25.5 Å². The lowest BCUT2D eigenvalue weighted by Crippen LogP contribution is -2.37. The highest BCUT2D eigenvalue weighted by molar-refractivity contribution is 4.60. The van der Waals surface area contributed by atoms with Crippen molar-refractivity contribution in [2.24, 2.45) is 0 Å². The molecule has 60 valence electrons. The van der Waals surface area contributed by atoms with Crippen molar-refractivity contribution in [3.8, 4) is 0 Å². The largest absolute Gasteiger partial charge is 0.381 e. The van der Waals surface area contributed by atoms with Crippen molar-refractivity contribution in [2.75, 3.05) is 20.4 Å². The molecule has 0 radical (unpaired) electrons. The highest BCUT2D eigenvalue weighted by Gasteiger charge is 2.16. The Labute approximate surface area is 61.6 Å². The molecule has 1 heterocycles. The van der Waals surface area contributed by atoms with E-state index in [2.05, 4.69) is 0 Å². The van der Waals surface area contributed by atoms with Gasteiger partial charge in [0.2, 0.25) is 0 Å². The molecule has 1 fully saturated rings. The zero-order valence-corrected chi connectivity index (χ0v) is 6.42. The van der Waals surface area contributed by atoms with Crippen LogP contribution < -0.4 is 0 Å². The molecule has 3 nitrogen and oxygen atoms in total. The van der Waals surface area contributed by atoms with Crippen molar-refractivity contribution in [3.05, 3.63) is 0 Å². The van der Waals surface area contributed by atoms with Gasteiger partial charge in [-0.05, 0) is 26.3 Å². The van der Waals surface area contributed by atoms with Gasteiger partial charge < -0.3 is 9.84 Å². The minimum absolute atomic E-state index is 0.0880. The summed E-state index contributed by atoms with van der Waals surface area (Å²) in [5.41, 5.74) is 0. The van der Waals surface area contributed by atoms with Gasteiger partial charge in [-0.2, -0.15) is 0 Å². The Bertz CT molecular complexity index is 91.6. The second kappa shape index (κ2) is 3.91. The number of ether oxygens (including phenoxy) is 1.